The third kappa shape index (κ3) is 2.15. The molecule has 5 rings (SSSR count). The van der Waals surface area contributed by atoms with Crippen molar-refractivity contribution in [2.24, 2.45) is 0 Å². The van der Waals surface area contributed by atoms with Crippen LogP contribution in [0.2, 0.25) is 0 Å². The van der Waals surface area contributed by atoms with E-state index in [1.165, 1.54) is 10.5 Å². The second kappa shape index (κ2) is 5.25. The Bertz CT molecular complexity index is 849. The fourth-order valence-corrected chi connectivity index (χ4v) is 7.60. The van der Waals surface area contributed by atoms with E-state index in [0.717, 1.165) is 0 Å². The second-order valence-corrected chi connectivity index (χ2v) is 10.3. The molecule has 0 unspecified atom stereocenters. The molecule has 0 saturated carbocycles. The molecule has 0 nitrogen and oxygen atoms in total. The molecular formula is C24H23S+. The molecule has 3 aromatic carbocycles. The summed E-state index contributed by atoms with van der Waals surface area (Å²) in [4.78, 5) is 1.51. The minimum atomic E-state index is 0.203. The van der Waals surface area contributed by atoms with E-state index in [1.54, 1.807) is 22.3 Å². The van der Waals surface area contributed by atoms with E-state index in [1.807, 2.05) is 0 Å². The summed E-state index contributed by atoms with van der Waals surface area (Å²) in [7, 11) is 0.203. The van der Waals surface area contributed by atoms with Crippen LogP contribution in [-0.2, 0) is 16.3 Å². The molecule has 0 atom stereocenters. The van der Waals surface area contributed by atoms with Crippen molar-refractivity contribution in [3.8, 4) is 0 Å². The zero-order valence-corrected chi connectivity index (χ0v) is 15.8. The van der Waals surface area contributed by atoms with Gasteiger partial charge in [0, 0.05) is 33.1 Å². The van der Waals surface area contributed by atoms with Gasteiger partial charge in [0.15, 0.2) is 15.4 Å². The summed E-state index contributed by atoms with van der Waals surface area (Å²) < 4.78 is 0. The minimum Gasteiger partial charge on any atom is -0.0618 e. The third-order valence-corrected chi connectivity index (χ3v) is 8.47. The first kappa shape index (κ1) is 15.3. The molecule has 3 aromatic rings. The zero-order valence-electron chi connectivity index (χ0n) is 15.0. The van der Waals surface area contributed by atoms with E-state index in [4.69, 9.17) is 0 Å². The van der Waals surface area contributed by atoms with Gasteiger partial charge in [0.25, 0.3) is 0 Å². The van der Waals surface area contributed by atoms with Gasteiger partial charge >= 0.3 is 0 Å². The van der Waals surface area contributed by atoms with Crippen molar-refractivity contribution in [3.63, 3.8) is 0 Å². The van der Waals surface area contributed by atoms with E-state index in [0.29, 0.717) is 10.5 Å². The molecule has 0 aliphatic carbocycles. The van der Waals surface area contributed by atoms with Gasteiger partial charge in [0.1, 0.15) is 0 Å². The van der Waals surface area contributed by atoms with E-state index in [2.05, 4.69) is 93.6 Å². The Balaban J connectivity index is 1.64. The van der Waals surface area contributed by atoms with Gasteiger partial charge in [-0.05, 0) is 23.1 Å². The van der Waals surface area contributed by atoms with E-state index < -0.39 is 0 Å². The van der Waals surface area contributed by atoms with E-state index >= 15 is 0 Å². The van der Waals surface area contributed by atoms with Crippen molar-refractivity contribution < 1.29 is 0 Å². The van der Waals surface area contributed by atoms with E-state index in [9.17, 15) is 0 Å². The Morgan fingerprint density at radius 2 is 1.00 bits per heavy atom. The van der Waals surface area contributed by atoms with Gasteiger partial charge in [-0.3, -0.25) is 0 Å². The summed E-state index contributed by atoms with van der Waals surface area (Å²) in [6, 6.07) is 27.7. The Labute approximate surface area is 153 Å². The van der Waals surface area contributed by atoms with Crippen LogP contribution in [0.1, 0.15) is 59.1 Å². The lowest BCUT2D eigenvalue weighted by Gasteiger charge is -2.19. The van der Waals surface area contributed by atoms with Gasteiger partial charge in [0.05, 0.1) is 0 Å². The van der Waals surface area contributed by atoms with Crippen molar-refractivity contribution in [3.05, 3.63) is 101 Å². The van der Waals surface area contributed by atoms with Crippen molar-refractivity contribution >= 4 is 10.9 Å². The van der Waals surface area contributed by atoms with Crippen LogP contribution in [0.4, 0.5) is 0 Å². The maximum Gasteiger partial charge on any atom is 0.175 e. The first-order chi connectivity index (χ1) is 12.1. The Hall–Kier alpha value is -1.99. The molecule has 0 N–H and O–H groups in total. The molecule has 0 amide bonds. The molecular weight excluding hydrogens is 320 g/mol. The first-order valence-corrected chi connectivity index (χ1v) is 10.4. The van der Waals surface area contributed by atoms with Gasteiger partial charge in [0.2, 0.25) is 0 Å². The van der Waals surface area contributed by atoms with Crippen molar-refractivity contribution in [2.75, 3.05) is 0 Å². The smallest absolute Gasteiger partial charge is 0.0618 e. The number of rotatable bonds is 1. The molecule has 2 aliphatic heterocycles. The molecule has 2 bridgehead atoms. The summed E-state index contributed by atoms with van der Waals surface area (Å²) in [5.74, 6) is 0. The lowest BCUT2D eigenvalue weighted by Crippen LogP contribution is -2.12. The highest BCUT2D eigenvalue weighted by molar-refractivity contribution is 7.98. The summed E-state index contributed by atoms with van der Waals surface area (Å²) in [6.45, 7) is 6.86. The standard InChI is InChI=1S/C24H23S/c1-24(2,3)16-12-14-17(15-13-16)25-22-18-8-4-5-9-19(18)23(25)21-11-7-6-10-20(21)22/h4-15,22-23H,1-3H3/q+1. The van der Waals surface area contributed by atoms with Crippen LogP contribution < -0.4 is 0 Å². The Morgan fingerprint density at radius 3 is 1.36 bits per heavy atom. The van der Waals surface area contributed by atoms with Gasteiger partial charge in [-0.1, -0.05) is 81.4 Å². The molecule has 25 heavy (non-hydrogen) atoms. The Morgan fingerprint density at radius 1 is 0.600 bits per heavy atom. The van der Waals surface area contributed by atoms with Gasteiger partial charge in [-0.15, -0.1) is 0 Å². The van der Waals surface area contributed by atoms with Crippen LogP contribution >= 0.6 is 0 Å². The normalized spacial score (nSPS) is 23.4. The zero-order chi connectivity index (χ0) is 17.2. The van der Waals surface area contributed by atoms with Crippen LogP contribution in [0.25, 0.3) is 0 Å². The maximum atomic E-state index is 2.39. The Kier molecular flexibility index (Phi) is 3.21. The van der Waals surface area contributed by atoms with Crippen LogP contribution in [0, 0.1) is 0 Å². The van der Waals surface area contributed by atoms with Crippen LogP contribution in [0.15, 0.2) is 77.7 Å². The summed E-state index contributed by atoms with van der Waals surface area (Å²) >= 11 is 0. The lowest BCUT2D eigenvalue weighted by molar-refractivity contribution is 0.589. The molecule has 2 aliphatic rings. The number of hydrogen-bond donors (Lipinski definition) is 0. The minimum absolute atomic E-state index is 0.203. The van der Waals surface area contributed by atoms with Crippen LogP contribution in [0.3, 0.4) is 0 Å². The molecule has 0 aromatic heterocycles. The SMILES string of the molecule is CC(C)(C)c1ccc([S+]2C3c4ccccc4C2c2ccccc23)cc1. The van der Waals surface area contributed by atoms with E-state index in [-0.39, 0.29) is 16.3 Å². The highest BCUT2D eigenvalue weighted by Gasteiger charge is 2.58. The largest absolute Gasteiger partial charge is 0.175 e. The van der Waals surface area contributed by atoms with Gasteiger partial charge < -0.3 is 0 Å². The summed E-state index contributed by atoms with van der Waals surface area (Å²) in [6.07, 6.45) is 0. The summed E-state index contributed by atoms with van der Waals surface area (Å²) in [5, 5.41) is 1.08. The average molecular weight is 344 g/mol. The fourth-order valence-electron chi connectivity index (χ4n) is 4.38. The number of hydrogen-bond acceptors (Lipinski definition) is 0. The molecule has 1 heteroatoms. The highest BCUT2D eigenvalue weighted by atomic mass is 32.2. The third-order valence-electron chi connectivity index (χ3n) is 5.62. The topological polar surface area (TPSA) is 0 Å². The number of benzene rings is 3. The molecule has 0 saturated heterocycles. The highest BCUT2D eigenvalue weighted by Crippen LogP contribution is 2.62. The molecule has 2 heterocycles. The predicted octanol–water partition coefficient (Wildman–Crippen LogP) is 6.17. The summed E-state index contributed by atoms with van der Waals surface area (Å²) in [5.41, 5.74) is 7.83. The molecule has 124 valence electrons. The van der Waals surface area contributed by atoms with Crippen molar-refractivity contribution in [1.82, 2.24) is 0 Å². The van der Waals surface area contributed by atoms with Gasteiger partial charge in [-0.25, -0.2) is 0 Å². The lowest BCUT2D eigenvalue weighted by atomic mass is 9.86. The number of fused-ring (bicyclic) bond motifs is 8. The second-order valence-electron chi connectivity index (χ2n) is 8.16. The quantitative estimate of drug-likeness (QED) is 0.464. The van der Waals surface area contributed by atoms with Crippen molar-refractivity contribution in [2.45, 2.75) is 41.6 Å². The average Bonchev–Trinajstić information content (AvgIpc) is 3.13. The fraction of sp³-hybridized carbons (Fsp3) is 0.250. The first-order valence-electron chi connectivity index (χ1n) is 9.06. The maximum absolute atomic E-state index is 2.39. The van der Waals surface area contributed by atoms with Crippen molar-refractivity contribution in [1.29, 1.82) is 0 Å². The predicted molar refractivity (Wildman–Crippen MR) is 107 cm³/mol. The van der Waals surface area contributed by atoms with Crippen LogP contribution in [-0.4, -0.2) is 0 Å². The van der Waals surface area contributed by atoms with Crippen LogP contribution in [0.5, 0.6) is 0 Å². The monoisotopic (exact) mass is 343 g/mol. The molecule has 0 fully saturated rings. The van der Waals surface area contributed by atoms with Gasteiger partial charge in [-0.2, -0.15) is 0 Å². The molecule has 0 radical (unpaired) electrons. The molecule has 0 spiro atoms.